The van der Waals surface area contributed by atoms with Crippen molar-refractivity contribution in [3.8, 4) is 6.07 Å². The van der Waals surface area contributed by atoms with Crippen molar-refractivity contribution >= 4 is 28.4 Å². The Labute approximate surface area is 168 Å². The van der Waals surface area contributed by atoms with Gasteiger partial charge >= 0.3 is 7.12 Å². The maximum Gasteiger partial charge on any atom is 0.499 e. The van der Waals surface area contributed by atoms with Crippen LogP contribution < -0.4 is 11.2 Å². The molecule has 1 aromatic rings. The van der Waals surface area contributed by atoms with Crippen molar-refractivity contribution in [2.45, 2.75) is 58.6 Å². The predicted molar refractivity (Wildman–Crippen MR) is 108 cm³/mol. The molecule has 0 saturated carbocycles. The summed E-state index contributed by atoms with van der Waals surface area (Å²) in [5.41, 5.74) is 5.57. The Hall–Kier alpha value is -1.61. The van der Waals surface area contributed by atoms with E-state index in [1.165, 1.54) is 4.31 Å². The highest BCUT2D eigenvalue weighted by atomic mass is 32.2. The van der Waals surface area contributed by atoms with Gasteiger partial charge < -0.3 is 15.0 Å². The number of hydrogen-bond acceptors (Lipinski definition) is 7. The molecule has 156 valence electrons. The van der Waals surface area contributed by atoms with E-state index in [0.717, 1.165) is 6.42 Å². The van der Waals surface area contributed by atoms with Crippen molar-refractivity contribution < 1.29 is 17.7 Å². The van der Waals surface area contributed by atoms with Gasteiger partial charge in [0.2, 0.25) is 10.0 Å². The highest BCUT2D eigenvalue weighted by Gasteiger charge is 2.50. The minimum atomic E-state index is -3.31. The highest BCUT2D eigenvalue weighted by molar-refractivity contribution is 7.89. The molecule has 0 bridgehead atoms. The van der Waals surface area contributed by atoms with Gasteiger partial charge in [-0.2, -0.15) is 14.7 Å². The first-order valence-electron chi connectivity index (χ1n) is 9.54. The molecule has 0 atom stereocenters. The Balaban J connectivity index is 2.33. The lowest BCUT2D eigenvalue weighted by atomic mass is 9.78. The molecule has 0 unspecified atom stereocenters. The third-order valence-corrected chi connectivity index (χ3v) is 6.99. The zero-order chi connectivity index (χ0) is 21.2. The second-order valence-corrected chi connectivity index (χ2v) is 9.92. The average Bonchev–Trinajstić information content (AvgIpc) is 2.99. The Morgan fingerprint density at radius 1 is 1.39 bits per heavy atom. The lowest BCUT2D eigenvalue weighted by Crippen LogP contribution is -2.64. The third kappa shape index (κ3) is 4.51. The molecule has 0 radical (unpaired) electrons. The van der Waals surface area contributed by atoms with Crippen molar-refractivity contribution in [1.29, 1.82) is 5.26 Å². The summed E-state index contributed by atoms with van der Waals surface area (Å²) in [6, 6.07) is 2.14. The summed E-state index contributed by atoms with van der Waals surface area (Å²) >= 11 is 0. The Morgan fingerprint density at radius 3 is 2.54 bits per heavy atom. The van der Waals surface area contributed by atoms with Gasteiger partial charge in [0.15, 0.2) is 0 Å². The van der Waals surface area contributed by atoms with E-state index in [-0.39, 0.29) is 31.1 Å². The Bertz CT molecular complexity index is 827. The van der Waals surface area contributed by atoms with Crippen LogP contribution in [0, 0.1) is 11.3 Å². The molecule has 2 N–H and O–H groups in total. The smallest absolute Gasteiger partial charge is 0.407 e. The number of aromatic nitrogens is 2. The van der Waals surface area contributed by atoms with Crippen molar-refractivity contribution in [1.82, 2.24) is 14.1 Å². The van der Waals surface area contributed by atoms with E-state index in [0.29, 0.717) is 12.1 Å². The molecule has 1 aliphatic heterocycles. The summed E-state index contributed by atoms with van der Waals surface area (Å²) in [6.07, 6.45) is 2.63. The van der Waals surface area contributed by atoms with Gasteiger partial charge in [-0.3, -0.25) is 4.68 Å². The predicted octanol–water partition coefficient (Wildman–Crippen LogP) is 0.676. The van der Waals surface area contributed by atoms with Crippen LogP contribution in [-0.2, 0) is 24.9 Å². The molecule has 1 fully saturated rings. The maximum absolute atomic E-state index is 12.1. The van der Waals surface area contributed by atoms with Gasteiger partial charge in [-0.25, -0.2) is 8.42 Å². The lowest BCUT2D eigenvalue weighted by Gasteiger charge is -2.47. The number of nitrogen functional groups attached to an aromatic ring is 1. The van der Waals surface area contributed by atoms with Gasteiger partial charge in [0.1, 0.15) is 11.4 Å². The van der Waals surface area contributed by atoms with Crippen LogP contribution in [0.2, 0.25) is 0 Å². The van der Waals surface area contributed by atoms with Crippen molar-refractivity contribution in [3.63, 3.8) is 0 Å². The fraction of sp³-hybridized carbons (Fsp3) is 0.765. The number of rotatable bonds is 10. The van der Waals surface area contributed by atoms with Crippen LogP contribution in [0.5, 0.6) is 0 Å². The Morgan fingerprint density at radius 2 is 2.04 bits per heavy atom. The zero-order valence-corrected chi connectivity index (χ0v) is 18.1. The van der Waals surface area contributed by atoms with Crippen molar-refractivity contribution in [3.05, 3.63) is 6.20 Å². The molecule has 0 aliphatic carbocycles. The molecule has 28 heavy (non-hydrogen) atoms. The molecule has 1 aromatic heterocycles. The first-order chi connectivity index (χ1) is 13.0. The van der Waals surface area contributed by atoms with Gasteiger partial charge in [0.05, 0.1) is 18.2 Å². The maximum atomic E-state index is 12.1. The van der Waals surface area contributed by atoms with Gasteiger partial charge in [0.25, 0.3) is 0 Å². The molecule has 11 heteroatoms. The average molecular weight is 411 g/mol. The summed E-state index contributed by atoms with van der Waals surface area (Å²) < 4.78 is 39.0. The summed E-state index contributed by atoms with van der Waals surface area (Å²) in [5.74, 6) is 0.272. The van der Waals surface area contributed by atoms with Crippen LogP contribution in [0.15, 0.2) is 6.20 Å². The SMILES string of the molecule is CCOB(OC(C)(C)CC)c1cn(C2(CC#N)CN(S(=O)(=O)CC)C2)nc1N. The number of nitrogens with two attached hydrogens (primary N) is 1. The fourth-order valence-electron chi connectivity index (χ4n) is 3.01. The van der Waals surface area contributed by atoms with Crippen LogP contribution in [0.4, 0.5) is 5.82 Å². The molecule has 2 heterocycles. The normalized spacial score (nSPS) is 17.1. The van der Waals surface area contributed by atoms with Crippen LogP contribution in [0.1, 0.15) is 47.5 Å². The quantitative estimate of drug-likeness (QED) is 0.562. The van der Waals surface area contributed by atoms with Crippen molar-refractivity contribution in [2.75, 3.05) is 31.2 Å². The molecular weight excluding hydrogens is 381 g/mol. The Kier molecular flexibility index (Phi) is 6.81. The van der Waals surface area contributed by atoms with E-state index in [2.05, 4.69) is 11.2 Å². The first-order valence-corrected chi connectivity index (χ1v) is 11.1. The van der Waals surface area contributed by atoms with E-state index >= 15 is 0 Å². The molecule has 1 saturated heterocycles. The van der Waals surface area contributed by atoms with Gasteiger partial charge in [0, 0.05) is 37.0 Å². The van der Waals surface area contributed by atoms with E-state index in [9.17, 15) is 13.7 Å². The van der Waals surface area contributed by atoms with E-state index < -0.39 is 28.3 Å². The third-order valence-electron chi connectivity index (χ3n) is 5.22. The molecule has 0 aromatic carbocycles. The molecule has 0 spiro atoms. The fourth-order valence-corrected chi connectivity index (χ4v) is 4.25. The number of nitrogens with zero attached hydrogens (tertiary/aromatic N) is 4. The van der Waals surface area contributed by atoms with Gasteiger partial charge in [-0.05, 0) is 34.1 Å². The highest BCUT2D eigenvalue weighted by Crippen LogP contribution is 2.34. The number of anilines is 1. The topological polar surface area (TPSA) is 123 Å². The number of hydrogen-bond donors (Lipinski definition) is 1. The van der Waals surface area contributed by atoms with Gasteiger partial charge in [-0.15, -0.1) is 0 Å². The summed E-state index contributed by atoms with van der Waals surface area (Å²) in [7, 11) is -4.00. The molecule has 1 aliphatic rings. The van der Waals surface area contributed by atoms with Crippen molar-refractivity contribution in [2.24, 2.45) is 0 Å². The molecule has 9 nitrogen and oxygen atoms in total. The summed E-state index contributed by atoms with van der Waals surface area (Å²) in [4.78, 5) is 0. The van der Waals surface area contributed by atoms with E-state index in [4.69, 9.17) is 15.0 Å². The summed E-state index contributed by atoms with van der Waals surface area (Å²) in [5, 5.41) is 13.7. The van der Waals surface area contributed by atoms with E-state index in [1.54, 1.807) is 17.8 Å². The standard InChI is InChI=1S/C17H30BN5O4S/c1-6-16(4,5)27-18(26-7-2)14-11-23(21-15(14)20)17(9-10-19)12-22(13-17)28(24,25)8-3/h11H,6-9,12-13H2,1-5H3,(H2,20,21). The lowest BCUT2D eigenvalue weighted by molar-refractivity contribution is 0.0692. The minimum absolute atomic E-state index is 0.0223. The van der Waals surface area contributed by atoms with E-state index in [1.807, 2.05) is 27.7 Å². The number of sulfonamides is 1. The second kappa shape index (κ2) is 8.41. The van der Waals surface area contributed by atoms with Crippen LogP contribution in [0.25, 0.3) is 0 Å². The molecule has 2 rings (SSSR count). The first kappa shape index (κ1) is 22.7. The zero-order valence-electron chi connectivity index (χ0n) is 17.3. The summed E-state index contributed by atoms with van der Waals surface area (Å²) in [6.45, 7) is 10.2. The molecule has 0 amide bonds. The molecular formula is C17H30BN5O4S. The number of nitriles is 1. The monoisotopic (exact) mass is 411 g/mol. The van der Waals surface area contributed by atoms with Gasteiger partial charge in [-0.1, -0.05) is 6.92 Å². The largest absolute Gasteiger partial charge is 0.499 e. The van der Waals surface area contributed by atoms with Crippen LogP contribution >= 0.6 is 0 Å². The second-order valence-electron chi connectivity index (χ2n) is 7.66. The minimum Gasteiger partial charge on any atom is -0.407 e. The van der Waals surface area contributed by atoms with Crippen LogP contribution in [-0.4, -0.2) is 60.7 Å². The van der Waals surface area contributed by atoms with Crippen LogP contribution in [0.3, 0.4) is 0 Å².